The van der Waals surface area contributed by atoms with Crippen molar-refractivity contribution in [3.63, 3.8) is 0 Å². The van der Waals surface area contributed by atoms with Crippen LogP contribution in [0.15, 0.2) is 24.3 Å². The third kappa shape index (κ3) is 2.71. The molecule has 1 aromatic rings. The minimum atomic E-state index is -0.948. The van der Waals surface area contributed by atoms with Gasteiger partial charge in [0.1, 0.15) is 5.75 Å². The molecule has 0 spiro atoms. The second-order valence-electron chi connectivity index (χ2n) is 4.35. The fraction of sp³-hybridized carbons (Fsp3) is 0.308. The molecule has 2 rings (SSSR count). The molecule has 0 fully saturated rings. The molecule has 1 amide bonds. The molecular weight excluding hydrogens is 264 g/mol. The first-order chi connectivity index (χ1) is 9.52. The molecule has 7 heteroatoms. The van der Waals surface area contributed by atoms with Crippen molar-refractivity contribution in [1.29, 1.82) is 0 Å². The molecule has 0 radical (unpaired) electrons. The van der Waals surface area contributed by atoms with Gasteiger partial charge in [0, 0.05) is 24.7 Å². The first kappa shape index (κ1) is 13.9. The lowest BCUT2D eigenvalue weighted by Crippen LogP contribution is -2.33. The van der Waals surface area contributed by atoms with Gasteiger partial charge in [0.15, 0.2) is 0 Å². The van der Waals surface area contributed by atoms with E-state index in [0.29, 0.717) is 25.3 Å². The van der Waals surface area contributed by atoms with E-state index >= 15 is 0 Å². The average Bonchev–Trinajstić information content (AvgIpc) is 2.46. The molecule has 106 valence electrons. The van der Waals surface area contributed by atoms with Gasteiger partial charge in [-0.25, -0.2) is 4.79 Å². The molecule has 20 heavy (non-hydrogen) atoms. The summed E-state index contributed by atoms with van der Waals surface area (Å²) < 4.78 is 5.19. The molecule has 0 atom stereocenters. The van der Waals surface area contributed by atoms with Crippen LogP contribution in [0, 0.1) is 10.1 Å². The lowest BCUT2D eigenvalue weighted by Gasteiger charge is -2.24. The number of hydrogen-bond donors (Lipinski definition) is 1. The predicted octanol–water partition coefficient (Wildman–Crippen LogP) is 2.37. The lowest BCUT2D eigenvalue weighted by atomic mass is 9.98. The summed E-state index contributed by atoms with van der Waals surface area (Å²) in [6.45, 7) is 0.714. The number of nitro benzene ring substituents is 1. The molecule has 1 N–H and O–H groups in total. The maximum atomic E-state index is 10.8. The van der Waals surface area contributed by atoms with E-state index in [9.17, 15) is 14.9 Å². The number of ether oxygens (including phenoxy) is 1. The van der Waals surface area contributed by atoms with Gasteiger partial charge in [-0.05, 0) is 18.1 Å². The Bertz CT molecular complexity index is 582. The maximum Gasteiger partial charge on any atom is 0.407 e. The molecule has 1 aromatic carbocycles. The van der Waals surface area contributed by atoms with Crippen LogP contribution in [0.2, 0.25) is 0 Å². The SMILES string of the molecule is COc1cc([N+](=O)[O-])ccc1C1=CCN(C(=O)O)CC1. The Morgan fingerprint density at radius 3 is 2.75 bits per heavy atom. The fourth-order valence-corrected chi connectivity index (χ4v) is 2.15. The monoisotopic (exact) mass is 278 g/mol. The highest BCUT2D eigenvalue weighted by Gasteiger charge is 2.20. The maximum absolute atomic E-state index is 10.8. The Balaban J connectivity index is 2.29. The van der Waals surface area contributed by atoms with E-state index in [1.807, 2.05) is 0 Å². The van der Waals surface area contributed by atoms with Gasteiger partial charge in [-0.15, -0.1) is 0 Å². The van der Waals surface area contributed by atoms with Crippen molar-refractivity contribution >= 4 is 17.4 Å². The Morgan fingerprint density at radius 1 is 1.50 bits per heavy atom. The largest absolute Gasteiger partial charge is 0.496 e. The molecule has 1 heterocycles. The first-order valence-electron chi connectivity index (χ1n) is 6.02. The van der Waals surface area contributed by atoms with Gasteiger partial charge in [0.25, 0.3) is 5.69 Å². The normalized spacial score (nSPS) is 14.7. The highest BCUT2D eigenvalue weighted by molar-refractivity contribution is 5.75. The van der Waals surface area contributed by atoms with Gasteiger partial charge in [0.05, 0.1) is 18.1 Å². The number of amides is 1. The molecule has 0 unspecified atom stereocenters. The average molecular weight is 278 g/mol. The van der Waals surface area contributed by atoms with Crippen LogP contribution in [-0.2, 0) is 0 Å². The molecule has 0 saturated carbocycles. The van der Waals surface area contributed by atoms with E-state index in [1.54, 1.807) is 12.1 Å². The number of non-ortho nitro benzene ring substituents is 1. The van der Waals surface area contributed by atoms with E-state index in [2.05, 4.69) is 0 Å². The Kier molecular flexibility index (Phi) is 3.88. The van der Waals surface area contributed by atoms with Crippen LogP contribution in [0.3, 0.4) is 0 Å². The topological polar surface area (TPSA) is 92.9 Å². The summed E-state index contributed by atoms with van der Waals surface area (Å²) in [5, 5.41) is 19.6. The number of rotatable bonds is 3. The van der Waals surface area contributed by atoms with Crippen LogP contribution in [0.1, 0.15) is 12.0 Å². The summed E-state index contributed by atoms with van der Waals surface area (Å²) in [5.74, 6) is 0.425. The zero-order chi connectivity index (χ0) is 14.7. The van der Waals surface area contributed by atoms with Crippen LogP contribution in [0.5, 0.6) is 5.75 Å². The Hall–Kier alpha value is -2.57. The third-order valence-corrected chi connectivity index (χ3v) is 3.22. The summed E-state index contributed by atoms with van der Waals surface area (Å²) >= 11 is 0. The number of nitrogens with zero attached hydrogens (tertiary/aromatic N) is 2. The molecule has 0 saturated heterocycles. The van der Waals surface area contributed by atoms with E-state index < -0.39 is 11.0 Å². The summed E-state index contributed by atoms with van der Waals surface area (Å²) in [4.78, 5) is 22.4. The summed E-state index contributed by atoms with van der Waals surface area (Å²) in [6.07, 6.45) is 1.41. The van der Waals surface area contributed by atoms with Crippen LogP contribution < -0.4 is 4.74 Å². The van der Waals surface area contributed by atoms with E-state index in [4.69, 9.17) is 9.84 Å². The number of carbonyl (C=O) groups is 1. The molecule has 1 aliphatic rings. The minimum absolute atomic E-state index is 0.0332. The van der Waals surface area contributed by atoms with E-state index in [-0.39, 0.29) is 5.69 Å². The van der Waals surface area contributed by atoms with Crippen molar-refractivity contribution in [2.24, 2.45) is 0 Å². The zero-order valence-corrected chi connectivity index (χ0v) is 10.9. The first-order valence-corrected chi connectivity index (χ1v) is 6.02. The molecule has 7 nitrogen and oxygen atoms in total. The smallest absolute Gasteiger partial charge is 0.407 e. The van der Waals surface area contributed by atoms with E-state index in [0.717, 1.165) is 11.1 Å². The minimum Gasteiger partial charge on any atom is -0.496 e. The van der Waals surface area contributed by atoms with Gasteiger partial charge >= 0.3 is 6.09 Å². The molecule has 0 aliphatic carbocycles. The highest BCUT2D eigenvalue weighted by Crippen LogP contribution is 2.33. The van der Waals surface area contributed by atoms with Crippen LogP contribution in [-0.4, -0.2) is 41.2 Å². The van der Waals surface area contributed by atoms with Gasteiger partial charge in [-0.3, -0.25) is 10.1 Å². The molecule has 0 aromatic heterocycles. The number of carboxylic acid groups (broad SMARTS) is 1. The Labute approximate surface area is 115 Å². The van der Waals surface area contributed by atoms with Crippen molar-refractivity contribution < 1.29 is 19.6 Å². The van der Waals surface area contributed by atoms with Crippen molar-refractivity contribution in [3.8, 4) is 5.75 Å². The highest BCUT2D eigenvalue weighted by atomic mass is 16.6. The van der Waals surface area contributed by atoms with Crippen LogP contribution in [0.4, 0.5) is 10.5 Å². The standard InChI is InChI=1S/C13H14N2O5/c1-20-12-8-10(15(18)19)2-3-11(12)9-4-6-14(7-5-9)13(16)17/h2-4,8H,5-7H2,1H3,(H,16,17). The second kappa shape index (κ2) is 5.60. The van der Waals surface area contributed by atoms with E-state index in [1.165, 1.54) is 24.1 Å². The summed E-state index contributed by atoms with van der Waals surface area (Å²) in [6, 6.07) is 4.43. The Morgan fingerprint density at radius 2 is 2.25 bits per heavy atom. The quantitative estimate of drug-likeness (QED) is 0.676. The van der Waals surface area contributed by atoms with Crippen LogP contribution >= 0.6 is 0 Å². The van der Waals surface area contributed by atoms with Crippen molar-refractivity contribution in [1.82, 2.24) is 4.90 Å². The summed E-state index contributed by atoms with van der Waals surface area (Å²) in [7, 11) is 1.45. The number of hydrogen-bond acceptors (Lipinski definition) is 4. The van der Waals surface area contributed by atoms with Gasteiger partial charge in [-0.2, -0.15) is 0 Å². The van der Waals surface area contributed by atoms with Gasteiger partial charge in [0.2, 0.25) is 0 Å². The predicted molar refractivity (Wildman–Crippen MR) is 71.8 cm³/mol. The summed E-state index contributed by atoms with van der Waals surface area (Å²) in [5.41, 5.74) is 1.67. The van der Waals surface area contributed by atoms with Crippen molar-refractivity contribution in [3.05, 3.63) is 40.0 Å². The van der Waals surface area contributed by atoms with Crippen molar-refractivity contribution in [2.45, 2.75) is 6.42 Å². The van der Waals surface area contributed by atoms with Crippen LogP contribution in [0.25, 0.3) is 5.57 Å². The second-order valence-corrected chi connectivity index (χ2v) is 4.35. The van der Waals surface area contributed by atoms with Gasteiger partial charge < -0.3 is 14.7 Å². The fourth-order valence-electron chi connectivity index (χ4n) is 2.15. The number of benzene rings is 1. The lowest BCUT2D eigenvalue weighted by molar-refractivity contribution is -0.384. The molecule has 0 bridgehead atoms. The molecular formula is C13H14N2O5. The number of methoxy groups -OCH3 is 1. The molecule has 1 aliphatic heterocycles. The number of nitro groups is 1. The van der Waals surface area contributed by atoms with Crippen molar-refractivity contribution in [2.75, 3.05) is 20.2 Å². The van der Waals surface area contributed by atoms with Gasteiger partial charge in [-0.1, -0.05) is 6.08 Å². The third-order valence-electron chi connectivity index (χ3n) is 3.22. The zero-order valence-electron chi connectivity index (χ0n) is 10.9.